The molecule has 0 unspecified atom stereocenters. The highest BCUT2D eigenvalue weighted by molar-refractivity contribution is 5.85. The number of methoxy groups -OCH3 is 1. The van der Waals surface area contributed by atoms with Crippen molar-refractivity contribution in [3.8, 4) is 11.5 Å². The fourth-order valence-electron chi connectivity index (χ4n) is 3.35. The molecule has 0 atom stereocenters. The smallest absolute Gasteiger partial charge is 0.222 e. The summed E-state index contributed by atoms with van der Waals surface area (Å²) in [6.45, 7) is 3.21. The Morgan fingerprint density at radius 2 is 1.93 bits per heavy atom. The maximum absolute atomic E-state index is 13.9. The van der Waals surface area contributed by atoms with Crippen LogP contribution < -0.4 is 14.8 Å². The van der Waals surface area contributed by atoms with Crippen LogP contribution in [0.4, 0.5) is 4.39 Å². The summed E-state index contributed by atoms with van der Waals surface area (Å²) in [5, 5.41) is 3.39. The molecule has 1 heterocycles. The Balaban J connectivity index is 0.00000300. The van der Waals surface area contributed by atoms with Crippen molar-refractivity contribution in [1.29, 1.82) is 0 Å². The minimum Gasteiger partial charge on any atom is -0.493 e. The van der Waals surface area contributed by atoms with Gasteiger partial charge < -0.3 is 19.7 Å². The molecule has 158 valence electrons. The van der Waals surface area contributed by atoms with Crippen LogP contribution in [0.15, 0.2) is 42.5 Å². The molecule has 1 N–H and O–H groups in total. The Morgan fingerprint density at radius 3 is 2.66 bits per heavy atom. The van der Waals surface area contributed by atoms with E-state index in [4.69, 9.17) is 9.47 Å². The van der Waals surface area contributed by atoms with Crippen LogP contribution in [0.1, 0.15) is 30.4 Å². The summed E-state index contributed by atoms with van der Waals surface area (Å²) in [6, 6.07) is 12.3. The highest BCUT2D eigenvalue weighted by Gasteiger charge is 2.19. The van der Waals surface area contributed by atoms with Crippen molar-refractivity contribution in [2.24, 2.45) is 0 Å². The maximum Gasteiger partial charge on any atom is 0.222 e. The van der Waals surface area contributed by atoms with Gasteiger partial charge in [-0.15, -0.1) is 12.4 Å². The number of benzene rings is 2. The van der Waals surface area contributed by atoms with Gasteiger partial charge in [0.15, 0.2) is 11.5 Å². The quantitative estimate of drug-likeness (QED) is 0.589. The van der Waals surface area contributed by atoms with E-state index in [1.165, 1.54) is 6.07 Å². The molecular formula is C22H28ClFN2O3. The highest BCUT2D eigenvalue weighted by Crippen LogP contribution is 2.32. The van der Waals surface area contributed by atoms with Crippen molar-refractivity contribution in [1.82, 2.24) is 10.2 Å². The molecule has 1 aliphatic heterocycles. The molecule has 0 bridgehead atoms. The SMILES string of the molecule is COc1cccc(CNCCCN2CCCC2=O)c1OCc1ccccc1F.Cl. The second-order valence-electron chi connectivity index (χ2n) is 6.84. The fraction of sp³-hybridized carbons (Fsp3) is 0.409. The van der Waals surface area contributed by atoms with Crippen LogP contribution in [0.25, 0.3) is 0 Å². The van der Waals surface area contributed by atoms with Gasteiger partial charge in [0.05, 0.1) is 7.11 Å². The van der Waals surface area contributed by atoms with Gasteiger partial charge in [-0.1, -0.05) is 30.3 Å². The van der Waals surface area contributed by atoms with Crippen LogP contribution in [0.5, 0.6) is 11.5 Å². The van der Waals surface area contributed by atoms with Crippen molar-refractivity contribution < 1.29 is 18.7 Å². The van der Waals surface area contributed by atoms with Crippen LogP contribution in [0, 0.1) is 5.82 Å². The van der Waals surface area contributed by atoms with Gasteiger partial charge in [0.25, 0.3) is 0 Å². The van der Waals surface area contributed by atoms with E-state index in [-0.39, 0.29) is 30.7 Å². The first-order valence-corrected chi connectivity index (χ1v) is 9.69. The topological polar surface area (TPSA) is 50.8 Å². The van der Waals surface area contributed by atoms with Gasteiger partial charge >= 0.3 is 0 Å². The van der Waals surface area contributed by atoms with Gasteiger partial charge in [-0.2, -0.15) is 0 Å². The largest absolute Gasteiger partial charge is 0.493 e. The summed E-state index contributed by atoms with van der Waals surface area (Å²) in [6.07, 6.45) is 2.56. The second-order valence-corrected chi connectivity index (χ2v) is 6.84. The van der Waals surface area contributed by atoms with Crippen LogP contribution in [0.3, 0.4) is 0 Å². The first-order chi connectivity index (χ1) is 13.7. The molecule has 1 saturated heterocycles. The molecule has 1 aliphatic rings. The lowest BCUT2D eigenvalue weighted by molar-refractivity contribution is -0.127. The number of rotatable bonds is 10. The summed E-state index contributed by atoms with van der Waals surface area (Å²) >= 11 is 0. The zero-order valence-corrected chi connectivity index (χ0v) is 17.5. The molecule has 2 aromatic carbocycles. The second kappa shape index (κ2) is 11.6. The molecule has 7 heteroatoms. The third-order valence-corrected chi connectivity index (χ3v) is 4.88. The first-order valence-electron chi connectivity index (χ1n) is 9.69. The summed E-state index contributed by atoms with van der Waals surface area (Å²) in [7, 11) is 1.59. The zero-order chi connectivity index (χ0) is 19.8. The molecule has 3 rings (SSSR count). The number of hydrogen-bond donors (Lipinski definition) is 1. The van der Waals surface area contributed by atoms with E-state index in [2.05, 4.69) is 5.32 Å². The molecule has 0 radical (unpaired) electrons. The minimum atomic E-state index is -0.284. The molecule has 0 saturated carbocycles. The minimum absolute atomic E-state index is 0. The predicted molar refractivity (Wildman–Crippen MR) is 113 cm³/mol. The van der Waals surface area contributed by atoms with Gasteiger partial charge in [-0.25, -0.2) is 4.39 Å². The van der Waals surface area contributed by atoms with Crippen molar-refractivity contribution in [3.63, 3.8) is 0 Å². The fourth-order valence-corrected chi connectivity index (χ4v) is 3.35. The lowest BCUT2D eigenvalue weighted by atomic mass is 10.1. The standard InChI is InChI=1S/C22H27FN2O3.ClH/c1-27-20-10-4-8-17(15-24-12-6-14-25-13-5-11-21(25)26)22(20)28-16-18-7-2-3-9-19(18)23;/h2-4,7-10,24H,5-6,11-16H2,1H3;1H. The van der Waals surface area contributed by atoms with Gasteiger partial charge in [0, 0.05) is 37.2 Å². The average molecular weight is 423 g/mol. The van der Waals surface area contributed by atoms with Gasteiger partial charge in [-0.05, 0) is 31.5 Å². The van der Waals surface area contributed by atoms with Crippen molar-refractivity contribution >= 4 is 18.3 Å². The van der Waals surface area contributed by atoms with E-state index in [0.29, 0.717) is 30.0 Å². The van der Waals surface area contributed by atoms with E-state index < -0.39 is 0 Å². The lowest BCUT2D eigenvalue weighted by Crippen LogP contribution is -2.28. The number of amides is 1. The maximum atomic E-state index is 13.9. The summed E-state index contributed by atoms with van der Waals surface area (Å²) < 4.78 is 25.2. The molecule has 5 nitrogen and oxygen atoms in total. The van der Waals surface area contributed by atoms with Gasteiger partial charge in [0.2, 0.25) is 5.91 Å². The highest BCUT2D eigenvalue weighted by atomic mass is 35.5. The molecule has 0 aliphatic carbocycles. The van der Waals surface area contributed by atoms with E-state index in [1.807, 2.05) is 23.1 Å². The Kier molecular flexibility index (Phi) is 9.22. The molecule has 1 amide bonds. The summed E-state index contributed by atoms with van der Waals surface area (Å²) in [4.78, 5) is 13.6. The number of nitrogens with one attached hydrogen (secondary N) is 1. The normalized spacial score (nSPS) is 13.3. The van der Waals surface area contributed by atoms with Crippen molar-refractivity contribution in [3.05, 3.63) is 59.4 Å². The monoisotopic (exact) mass is 422 g/mol. The van der Waals surface area contributed by atoms with E-state index >= 15 is 0 Å². The Labute approximate surface area is 177 Å². The number of para-hydroxylation sites is 1. The van der Waals surface area contributed by atoms with Crippen LogP contribution in [0.2, 0.25) is 0 Å². The molecule has 29 heavy (non-hydrogen) atoms. The third kappa shape index (κ3) is 6.34. The zero-order valence-electron chi connectivity index (χ0n) is 16.7. The summed E-state index contributed by atoms with van der Waals surface area (Å²) in [5.74, 6) is 1.22. The summed E-state index contributed by atoms with van der Waals surface area (Å²) in [5.41, 5.74) is 1.45. The van der Waals surface area contributed by atoms with E-state index in [0.717, 1.165) is 38.0 Å². The molecule has 2 aromatic rings. The third-order valence-electron chi connectivity index (χ3n) is 4.88. The number of carbonyl (C=O) groups excluding carboxylic acids is 1. The number of carbonyl (C=O) groups is 1. The number of halogens is 2. The average Bonchev–Trinajstić information content (AvgIpc) is 3.12. The lowest BCUT2D eigenvalue weighted by Gasteiger charge is -2.17. The molecular weight excluding hydrogens is 395 g/mol. The Hall–Kier alpha value is -2.31. The molecule has 1 fully saturated rings. The molecule has 0 spiro atoms. The number of ether oxygens (including phenoxy) is 2. The van der Waals surface area contributed by atoms with Crippen LogP contribution >= 0.6 is 12.4 Å². The number of likely N-dealkylation sites (tertiary alicyclic amines) is 1. The van der Waals surface area contributed by atoms with Crippen LogP contribution in [-0.2, 0) is 17.9 Å². The van der Waals surface area contributed by atoms with E-state index in [1.54, 1.807) is 25.3 Å². The van der Waals surface area contributed by atoms with E-state index in [9.17, 15) is 9.18 Å². The Morgan fingerprint density at radius 1 is 1.14 bits per heavy atom. The predicted octanol–water partition coefficient (Wildman–Crippen LogP) is 3.94. The van der Waals surface area contributed by atoms with Gasteiger partial charge in [0.1, 0.15) is 12.4 Å². The van der Waals surface area contributed by atoms with Crippen LogP contribution in [-0.4, -0.2) is 37.6 Å². The Bertz CT molecular complexity index is 803. The van der Waals surface area contributed by atoms with Crippen molar-refractivity contribution in [2.75, 3.05) is 26.7 Å². The van der Waals surface area contributed by atoms with Crippen molar-refractivity contribution in [2.45, 2.75) is 32.4 Å². The number of hydrogen-bond acceptors (Lipinski definition) is 4. The first kappa shape index (κ1) is 23.0. The molecule has 0 aromatic heterocycles. The number of nitrogens with zero attached hydrogens (tertiary/aromatic N) is 1. The van der Waals surface area contributed by atoms with Gasteiger partial charge in [-0.3, -0.25) is 4.79 Å².